The monoisotopic (exact) mass is 466 g/mol. The summed E-state index contributed by atoms with van der Waals surface area (Å²) < 4.78 is 2.91. The standard InChI is InChI=1S/C26H46N2O3S/c1-7-18(2)12-10-13-19(3)14-11-15-20(4)25(21(5)27-22(6)29)32-28-26(31)23-16-8-9-17-24(23)30/h8-9,16-22,25,27,29-30H,7,10-15H2,1-6H3,(H,28,31). The smallest absolute Gasteiger partial charge is 0.264 e. The largest absolute Gasteiger partial charge is 0.507 e. The van der Waals surface area contributed by atoms with Crippen LogP contribution in [0.5, 0.6) is 5.75 Å². The molecule has 1 rings (SSSR count). The van der Waals surface area contributed by atoms with Gasteiger partial charge in [-0.2, -0.15) is 0 Å². The van der Waals surface area contributed by atoms with E-state index >= 15 is 0 Å². The van der Waals surface area contributed by atoms with Crippen molar-refractivity contribution in [3.63, 3.8) is 0 Å². The van der Waals surface area contributed by atoms with Gasteiger partial charge >= 0.3 is 0 Å². The maximum atomic E-state index is 12.5. The van der Waals surface area contributed by atoms with Crippen molar-refractivity contribution in [2.24, 2.45) is 17.8 Å². The fourth-order valence-electron chi connectivity index (χ4n) is 4.14. The van der Waals surface area contributed by atoms with Crippen LogP contribution >= 0.6 is 11.9 Å². The van der Waals surface area contributed by atoms with E-state index in [1.165, 1.54) is 50.1 Å². The van der Waals surface area contributed by atoms with Gasteiger partial charge < -0.3 is 10.2 Å². The average molecular weight is 467 g/mol. The first-order chi connectivity index (χ1) is 15.1. The SMILES string of the molecule is CCC(C)CCCC(C)CCCC(C)C(SNC(=O)c1ccccc1O)C(C)NC(C)O. The topological polar surface area (TPSA) is 81.6 Å². The van der Waals surface area contributed by atoms with Gasteiger partial charge in [-0.15, -0.1) is 0 Å². The van der Waals surface area contributed by atoms with Gasteiger partial charge in [-0.05, 0) is 62.1 Å². The van der Waals surface area contributed by atoms with Gasteiger partial charge in [0.1, 0.15) is 12.0 Å². The number of aromatic hydroxyl groups is 1. The van der Waals surface area contributed by atoms with Crippen molar-refractivity contribution in [1.29, 1.82) is 0 Å². The zero-order valence-electron chi connectivity index (χ0n) is 20.9. The molecular formula is C26H46N2O3S. The summed E-state index contributed by atoms with van der Waals surface area (Å²) in [7, 11) is 0. The van der Waals surface area contributed by atoms with E-state index in [4.69, 9.17) is 0 Å². The lowest BCUT2D eigenvalue weighted by molar-refractivity contribution is 0.0981. The Morgan fingerprint density at radius 2 is 1.56 bits per heavy atom. The Labute approximate surface area is 200 Å². The third kappa shape index (κ3) is 11.1. The Morgan fingerprint density at radius 3 is 2.16 bits per heavy atom. The molecule has 0 bridgehead atoms. The van der Waals surface area contributed by atoms with Crippen molar-refractivity contribution in [1.82, 2.24) is 10.0 Å². The van der Waals surface area contributed by atoms with Gasteiger partial charge in [-0.1, -0.05) is 78.4 Å². The summed E-state index contributed by atoms with van der Waals surface area (Å²) in [5.41, 5.74) is 0.272. The number of amides is 1. The highest BCUT2D eigenvalue weighted by Gasteiger charge is 2.26. The highest BCUT2D eigenvalue weighted by molar-refractivity contribution is 7.98. The first kappa shape index (κ1) is 28.8. The van der Waals surface area contributed by atoms with Crippen molar-refractivity contribution in [3.05, 3.63) is 29.8 Å². The number of aliphatic hydroxyl groups is 1. The van der Waals surface area contributed by atoms with Crippen LogP contribution in [0.3, 0.4) is 0 Å². The normalized spacial score (nSPS) is 17.2. The highest BCUT2D eigenvalue weighted by atomic mass is 32.2. The van der Waals surface area contributed by atoms with Gasteiger partial charge in [0.2, 0.25) is 0 Å². The number of rotatable bonds is 16. The predicted octanol–water partition coefficient (Wildman–Crippen LogP) is 6.11. The van der Waals surface area contributed by atoms with Gasteiger partial charge in [0, 0.05) is 11.3 Å². The second-order valence-electron chi connectivity index (χ2n) is 9.62. The first-order valence-corrected chi connectivity index (χ1v) is 13.2. The number of phenolic OH excluding ortho intramolecular Hbond substituents is 1. The maximum Gasteiger partial charge on any atom is 0.264 e. The minimum Gasteiger partial charge on any atom is -0.507 e. The summed E-state index contributed by atoms with van der Waals surface area (Å²) in [4.78, 5) is 12.5. The molecule has 184 valence electrons. The van der Waals surface area contributed by atoms with Gasteiger partial charge in [-0.3, -0.25) is 14.8 Å². The minimum absolute atomic E-state index is 0.0207. The van der Waals surface area contributed by atoms with Crippen LogP contribution < -0.4 is 10.0 Å². The molecule has 0 spiro atoms. The fourth-order valence-corrected chi connectivity index (χ4v) is 5.15. The van der Waals surface area contributed by atoms with Crippen LogP contribution in [0.1, 0.15) is 96.8 Å². The van der Waals surface area contributed by atoms with E-state index < -0.39 is 6.23 Å². The third-order valence-corrected chi connectivity index (χ3v) is 7.89. The first-order valence-electron chi connectivity index (χ1n) is 12.3. The van der Waals surface area contributed by atoms with E-state index in [1.54, 1.807) is 25.1 Å². The molecule has 1 aromatic carbocycles. The number of para-hydroxylation sites is 1. The number of nitrogens with one attached hydrogen (secondary N) is 2. The van der Waals surface area contributed by atoms with Crippen LogP contribution in [0.25, 0.3) is 0 Å². The lowest BCUT2D eigenvalue weighted by Crippen LogP contribution is -2.45. The van der Waals surface area contributed by atoms with Crippen molar-refractivity contribution in [2.45, 2.75) is 104 Å². The summed E-state index contributed by atoms with van der Waals surface area (Å²) in [6.45, 7) is 12.9. The Kier molecular flexibility index (Phi) is 14.0. The van der Waals surface area contributed by atoms with Gasteiger partial charge in [-0.25, -0.2) is 0 Å². The highest BCUT2D eigenvalue weighted by Crippen LogP contribution is 2.28. The molecule has 0 aliphatic carbocycles. The second kappa shape index (κ2) is 15.6. The number of hydrogen-bond acceptors (Lipinski definition) is 5. The van der Waals surface area contributed by atoms with Crippen molar-refractivity contribution in [3.8, 4) is 5.75 Å². The number of hydrogen-bond donors (Lipinski definition) is 4. The molecule has 6 heteroatoms. The zero-order valence-corrected chi connectivity index (χ0v) is 21.8. The molecule has 6 atom stereocenters. The predicted molar refractivity (Wildman–Crippen MR) is 137 cm³/mol. The fraction of sp³-hybridized carbons (Fsp3) is 0.731. The van der Waals surface area contributed by atoms with Crippen molar-refractivity contribution >= 4 is 17.9 Å². The molecule has 0 saturated carbocycles. The summed E-state index contributed by atoms with van der Waals surface area (Å²) in [5.74, 6) is 1.61. The van der Waals surface area contributed by atoms with E-state index in [-0.39, 0.29) is 28.5 Å². The van der Waals surface area contributed by atoms with E-state index in [0.717, 1.165) is 24.7 Å². The third-order valence-electron chi connectivity index (χ3n) is 6.44. The Bertz CT molecular complexity index is 656. The lowest BCUT2D eigenvalue weighted by Gasteiger charge is -2.31. The lowest BCUT2D eigenvalue weighted by atomic mass is 9.91. The molecule has 0 radical (unpaired) electrons. The molecule has 0 fully saturated rings. The number of phenols is 1. The van der Waals surface area contributed by atoms with E-state index in [1.807, 2.05) is 6.92 Å². The van der Waals surface area contributed by atoms with Crippen LogP contribution in [0.2, 0.25) is 0 Å². The van der Waals surface area contributed by atoms with Gasteiger partial charge in [0.15, 0.2) is 0 Å². The molecule has 0 aliphatic heterocycles. The number of carbonyl (C=O) groups excluding carboxylic acids is 1. The zero-order chi connectivity index (χ0) is 24.1. The molecule has 0 aromatic heterocycles. The summed E-state index contributed by atoms with van der Waals surface area (Å²) in [6.07, 6.45) is 8.07. The molecule has 1 amide bonds. The molecule has 0 saturated heterocycles. The molecule has 0 heterocycles. The molecule has 1 aromatic rings. The van der Waals surface area contributed by atoms with Crippen molar-refractivity contribution < 1.29 is 15.0 Å². The summed E-state index contributed by atoms with van der Waals surface area (Å²) in [6, 6.07) is 6.59. The molecule has 6 unspecified atom stereocenters. The van der Waals surface area contributed by atoms with E-state index in [0.29, 0.717) is 5.92 Å². The Hall–Kier alpha value is -1.24. The molecule has 4 N–H and O–H groups in total. The summed E-state index contributed by atoms with van der Waals surface area (Å²) in [5, 5.41) is 23.0. The Morgan fingerprint density at radius 1 is 0.969 bits per heavy atom. The minimum atomic E-state index is -0.611. The van der Waals surface area contributed by atoms with Gasteiger partial charge in [0.05, 0.1) is 5.56 Å². The molecule has 0 aliphatic rings. The number of aliphatic hydroxyl groups excluding tert-OH is 1. The van der Waals surface area contributed by atoms with E-state index in [2.05, 4.69) is 37.7 Å². The van der Waals surface area contributed by atoms with Crippen molar-refractivity contribution in [2.75, 3.05) is 0 Å². The van der Waals surface area contributed by atoms with Crippen LogP contribution in [-0.2, 0) is 0 Å². The Balaban J connectivity index is 2.57. The maximum absolute atomic E-state index is 12.5. The van der Waals surface area contributed by atoms with Crippen LogP contribution in [0.15, 0.2) is 24.3 Å². The van der Waals surface area contributed by atoms with Gasteiger partial charge in [0.25, 0.3) is 5.91 Å². The average Bonchev–Trinajstić information content (AvgIpc) is 2.73. The second-order valence-corrected chi connectivity index (χ2v) is 10.6. The number of benzene rings is 1. The molecular weight excluding hydrogens is 420 g/mol. The van der Waals surface area contributed by atoms with E-state index in [9.17, 15) is 15.0 Å². The quantitative estimate of drug-likeness (QED) is 0.174. The number of carbonyl (C=O) groups is 1. The van der Waals surface area contributed by atoms with Crippen LogP contribution in [0, 0.1) is 17.8 Å². The summed E-state index contributed by atoms with van der Waals surface area (Å²) >= 11 is 1.39. The molecule has 32 heavy (non-hydrogen) atoms. The molecule has 5 nitrogen and oxygen atoms in total. The van der Waals surface area contributed by atoms with Crippen LogP contribution in [-0.4, -0.2) is 33.6 Å². The van der Waals surface area contributed by atoms with Crippen LogP contribution in [0.4, 0.5) is 0 Å².